The summed E-state index contributed by atoms with van der Waals surface area (Å²) >= 11 is 0. The van der Waals surface area contributed by atoms with Crippen LogP contribution in [0, 0.1) is 16.7 Å². The third-order valence-corrected chi connectivity index (χ3v) is 3.85. The van der Waals surface area contributed by atoms with Crippen LogP contribution in [0.15, 0.2) is 0 Å². The zero-order valence-corrected chi connectivity index (χ0v) is 14.5. The summed E-state index contributed by atoms with van der Waals surface area (Å²) in [5, 5.41) is 13.0. The minimum atomic E-state index is 0.272. The number of hydrogen-bond acceptors (Lipinski definition) is 3. The number of aliphatic hydroxyl groups excluding tert-OH is 1. The lowest BCUT2D eigenvalue weighted by atomic mass is 9.80. The van der Waals surface area contributed by atoms with Gasteiger partial charge < -0.3 is 10.4 Å². The topological polar surface area (TPSA) is 35.5 Å². The summed E-state index contributed by atoms with van der Waals surface area (Å²) in [6.07, 6.45) is 2.54. The van der Waals surface area contributed by atoms with Crippen LogP contribution in [-0.4, -0.2) is 48.8 Å². The molecular formula is C17H36N2O. The lowest BCUT2D eigenvalue weighted by Gasteiger charge is -2.41. The fourth-order valence-electron chi connectivity index (χ4n) is 3.24. The van der Waals surface area contributed by atoms with Gasteiger partial charge in [0.25, 0.3) is 0 Å². The Morgan fingerprint density at radius 2 is 1.70 bits per heavy atom. The highest BCUT2D eigenvalue weighted by atomic mass is 16.3. The Labute approximate surface area is 126 Å². The normalized spacial score (nSPS) is 25.9. The molecule has 0 aromatic carbocycles. The molecule has 0 bridgehead atoms. The van der Waals surface area contributed by atoms with Gasteiger partial charge in [-0.25, -0.2) is 0 Å². The maximum absolute atomic E-state index is 9.22. The minimum absolute atomic E-state index is 0.272. The molecule has 0 spiro atoms. The van der Waals surface area contributed by atoms with Crippen molar-refractivity contribution in [1.29, 1.82) is 0 Å². The van der Waals surface area contributed by atoms with Crippen LogP contribution in [-0.2, 0) is 0 Å². The fourth-order valence-corrected chi connectivity index (χ4v) is 3.24. The van der Waals surface area contributed by atoms with Crippen molar-refractivity contribution in [3.63, 3.8) is 0 Å². The molecular weight excluding hydrogens is 248 g/mol. The monoisotopic (exact) mass is 284 g/mol. The standard InChI is InChI=1S/C17H36N2O/c1-16(2,3)10-14-9-15(18-13-17(4,5)6)12-19(11-14)7-8-20/h14-15,18,20H,7-13H2,1-6H3. The van der Waals surface area contributed by atoms with E-state index in [2.05, 4.69) is 51.8 Å². The molecule has 20 heavy (non-hydrogen) atoms. The highest BCUT2D eigenvalue weighted by Crippen LogP contribution is 2.30. The van der Waals surface area contributed by atoms with Gasteiger partial charge in [0.15, 0.2) is 0 Å². The van der Waals surface area contributed by atoms with Gasteiger partial charge in [0, 0.05) is 32.2 Å². The number of rotatable bonds is 5. The second kappa shape index (κ2) is 7.24. The number of likely N-dealkylation sites (tertiary alicyclic amines) is 1. The number of nitrogens with one attached hydrogen (secondary N) is 1. The minimum Gasteiger partial charge on any atom is -0.395 e. The van der Waals surface area contributed by atoms with Gasteiger partial charge in [0.2, 0.25) is 0 Å². The molecule has 0 aromatic rings. The van der Waals surface area contributed by atoms with Crippen LogP contribution in [0.5, 0.6) is 0 Å². The summed E-state index contributed by atoms with van der Waals surface area (Å²) in [7, 11) is 0. The molecule has 120 valence electrons. The highest BCUT2D eigenvalue weighted by Gasteiger charge is 2.30. The molecule has 0 radical (unpaired) electrons. The first-order chi connectivity index (χ1) is 9.09. The van der Waals surface area contributed by atoms with Gasteiger partial charge in [-0.15, -0.1) is 0 Å². The molecule has 1 heterocycles. The molecule has 3 nitrogen and oxygen atoms in total. The Morgan fingerprint density at radius 1 is 1.05 bits per heavy atom. The van der Waals surface area contributed by atoms with Crippen LogP contribution >= 0.6 is 0 Å². The molecule has 2 unspecified atom stereocenters. The van der Waals surface area contributed by atoms with Gasteiger partial charge in [-0.2, -0.15) is 0 Å². The molecule has 1 aliphatic rings. The molecule has 0 saturated carbocycles. The van der Waals surface area contributed by atoms with Crippen LogP contribution in [0.3, 0.4) is 0 Å². The first-order valence-electron chi connectivity index (χ1n) is 8.16. The number of β-amino-alcohol motifs (C(OH)–C–C–N with tert-alkyl or cyclic N) is 1. The smallest absolute Gasteiger partial charge is 0.0558 e. The van der Waals surface area contributed by atoms with E-state index >= 15 is 0 Å². The third-order valence-electron chi connectivity index (χ3n) is 3.85. The molecule has 2 N–H and O–H groups in total. The van der Waals surface area contributed by atoms with Crippen molar-refractivity contribution < 1.29 is 5.11 Å². The third kappa shape index (κ3) is 7.61. The van der Waals surface area contributed by atoms with E-state index in [0.29, 0.717) is 16.9 Å². The second-order valence-corrected chi connectivity index (χ2v) is 8.99. The molecule has 0 aromatic heterocycles. The Hall–Kier alpha value is -0.120. The maximum Gasteiger partial charge on any atom is 0.0558 e. The van der Waals surface area contributed by atoms with Crippen LogP contribution in [0.4, 0.5) is 0 Å². The molecule has 1 fully saturated rings. The van der Waals surface area contributed by atoms with Crippen LogP contribution < -0.4 is 5.32 Å². The predicted octanol–water partition coefficient (Wildman–Crippen LogP) is 2.74. The predicted molar refractivity (Wildman–Crippen MR) is 87.0 cm³/mol. The maximum atomic E-state index is 9.22. The molecule has 2 atom stereocenters. The number of aliphatic hydroxyl groups is 1. The SMILES string of the molecule is CC(C)(C)CNC1CC(CC(C)(C)C)CN(CCO)C1. The summed E-state index contributed by atoms with van der Waals surface area (Å²) in [6, 6.07) is 0.571. The van der Waals surface area contributed by atoms with Crippen molar-refractivity contribution in [2.75, 3.05) is 32.8 Å². The van der Waals surface area contributed by atoms with Crippen LogP contribution in [0.2, 0.25) is 0 Å². The average molecular weight is 284 g/mol. The molecule has 3 heteroatoms. The van der Waals surface area contributed by atoms with E-state index in [1.54, 1.807) is 0 Å². The Kier molecular flexibility index (Phi) is 6.49. The Bertz CT molecular complexity index is 278. The Balaban J connectivity index is 2.56. The summed E-state index contributed by atoms with van der Waals surface area (Å²) in [6.45, 7) is 18.2. The van der Waals surface area contributed by atoms with E-state index in [-0.39, 0.29) is 6.61 Å². The largest absolute Gasteiger partial charge is 0.395 e. The highest BCUT2D eigenvalue weighted by molar-refractivity contribution is 4.86. The van der Waals surface area contributed by atoms with Crippen molar-refractivity contribution >= 4 is 0 Å². The first-order valence-corrected chi connectivity index (χ1v) is 8.16. The van der Waals surface area contributed by atoms with E-state index in [4.69, 9.17) is 0 Å². The first kappa shape index (κ1) is 17.9. The van der Waals surface area contributed by atoms with E-state index in [0.717, 1.165) is 32.1 Å². The van der Waals surface area contributed by atoms with Gasteiger partial charge in [-0.1, -0.05) is 41.5 Å². The van der Waals surface area contributed by atoms with Gasteiger partial charge in [-0.3, -0.25) is 4.90 Å². The van der Waals surface area contributed by atoms with E-state index in [9.17, 15) is 5.11 Å². The summed E-state index contributed by atoms with van der Waals surface area (Å²) in [5.41, 5.74) is 0.722. The van der Waals surface area contributed by atoms with E-state index < -0.39 is 0 Å². The molecule has 1 saturated heterocycles. The Morgan fingerprint density at radius 3 is 2.20 bits per heavy atom. The molecule has 1 rings (SSSR count). The lowest BCUT2D eigenvalue weighted by Crippen LogP contribution is -2.51. The van der Waals surface area contributed by atoms with Crippen LogP contribution in [0.1, 0.15) is 54.4 Å². The van der Waals surface area contributed by atoms with Gasteiger partial charge >= 0.3 is 0 Å². The van der Waals surface area contributed by atoms with Gasteiger partial charge in [-0.05, 0) is 29.6 Å². The lowest BCUT2D eigenvalue weighted by molar-refractivity contribution is 0.0930. The van der Waals surface area contributed by atoms with Crippen molar-refractivity contribution in [3.05, 3.63) is 0 Å². The van der Waals surface area contributed by atoms with Crippen molar-refractivity contribution in [1.82, 2.24) is 10.2 Å². The molecule has 0 amide bonds. The van der Waals surface area contributed by atoms with E-state index in [1.165, 1.54) is 12.8 Å². The van der Waals surface area contributed by atoms with E-state index in [1.807, 2.05) is 0 Å². The molecule has 1 aliphatic heterocycles. The van der Waals surface area contributed by atoms with Gasteiger partial charge in [0.1, 0.15) is 0 Å². The summed E-state index contributed by atoms with van der Waals surface area (Å²) < 4.78 is 0. The van der Waals surface area contributed by atoms with Crippen molar-refractivity contribution in [2.45, 2.75) is 60.4 Å². The van der Waals surface area contributed by atoms with Gasteiger partial charge in [0.05, 0.1) is 6.61 Å². The summed E-state index contributed by atoms with van der Waals surface area (Å²) in [5.74, 6) is 0.743. The summed E-state index contributed by atoms with van der Waals surface area (Å²) in [4.78, 5) is 2.43. The fraction of sp³-hybridized carbons (Fsp3) is 1.00. The van der Waals surface area contributed by atoms with Crippen LogP contribution in [0.25, 0.3) is 0 Å². The second-order valence-electron chi connectivity index (χ2n) is 8.99. The van der Waals surface area contributed by atoms with Crippen molar-refractivity contribution in [2.24, 2.45) is 16.7 Å². The number of nitrogens with zero attached hydrogens (tertiary/aromatic N) is 1. The number of hydrogen-bond donors (Lipinski definition) is 2. The quantitative estimate of drug-likeness (QED) is 0.815. The number of piperidine rings is 1. The zero-order valence-electron chi connectivity index (χ0n) is 14.5. The molecule has 0 aliphatic carbocycles. The van der Waals surface area contributed by atoms with Crippen molar-refractivity contribution in [3.8, 4) is 0 Å². The average Bonchev–Trinajstić information content (AvgIpc) is 2.23. The zero-order chi connectivity index (χ0) is 15.4.